The molecular formula is C32H29FN4O2S. The largest absolute Gasteiger partial charge is 0.372 e. The van der Waals surface area contributed by atoms with E-state index in [4.69, 9.17) is 4.99 Å². The number of carbonyl (C=O) groups excluding carboxylic acids is 1. The summed E-state index contributed by atoms with van der Waals surface area (Å²) in [6.45, 7) is 5.97. The molecule has 0 radical (unpaired) electrons. The number of thiazole rings is 1. The van der Waals surface area contributed by atoms with Crippen LogP contribution < -0.4 is 25.1 Å². The number of hydrogen-bond acceptors (Lipinski definition) is 5. The molecule has 0 unspecified atom stereocenters. The lowest BCUT2D eigenvalue weighted by molar-refractivity contribution is -0.113. The number of halogens is 1. The van der Waals surface area contributed by atoms with Crippen LogP contribution in [0.4, 0.5) is 15.8 Å². The Morgan fingerprint density at radius 1 is 1.02 bits per heavy atom. The molecule has 0 spiro atoms. The van der Waals surface area contributed by atoms with Crippen molar-refractivity contribution in [2.45, 2.75) is 32.7 Å². The van der Waals surface area contributed by atoms with Crippen molar-refractivity contribution in [1.82, 2.24) is 4.57 Å². The zero-order valence-electron chi connectivity index (χ0n) is 22.4. The monoisotopic (exact) mass is 552 g/mol. The van der Waals surface area contributed by atoms with Crippen LogP contribution in [0.25, 0.3) is 6.08 Å². The number of carbonyl (C=O) groups is 1. The van der Waals surface area contributed by atoms with Gasteiger partial charge in [-0.15, -0.1) is 0 Å². The van der Waals surface area contributed by atoms with Crippen molar-refractivity contribution < 1.29 is 9.18 Å². The summed E-state index contributed by atoms with van der Waals surface area (Å²) in [5.41, 5.74) is 5.15. The molecule has 2 aliphatic heterocycles. The standard InChI is InChI=1S/C32H29FN4O2S/c1-20-18-26(36-16-6-7-17-36)15-12-23(20)19-27-31(39)37-29(22-10-13-24(33)14-11-22)28(21(2)34-32(37)40-27)30(38)35-25-8-4-3-5-9-25/h3-5,8-15,18-19,29H,6-7,16-17H2,1-2H3,(H,35,38)/b27-19+/t29-/m0/s1. The minimum Gasteiger partial charge on any atom is -0.372 e. The lowest BCUT2D eigenvalue weighted by atomic mass is 9.95. The van der Waals surface area contributed by atoms with E-state index in [-0.39, 0.29) is 17.3 Å². The Kier molecular flexibility index (Phi) is 6.94. The van der Waals surface area contributed by atoms with Crippen molar-refractivity contribution in [2.24, 2.45) is 4.99 Å². The first-order valence-electron chi connectivity index (χ1n) is 13.4. The number of aryl methyl sites for hydroxylation is 1. The zero-order chi connectivity index (χ0) is 27.8. The lowest BCUT2D eigenvalue weighted by Crippen LogP contribution is -2.40. The molecule has 0 aliphatic carbocycles. The molecular weight excluding hydrogens is 523 g/mol. The number of aromatic nitrogens is 1. The van der Waals surface area contributed by atoms with Gasteiger partial charge in [0.2, 0.25) is 0 Å². The summed E-state index contributed by atoms with van der Waals surface area (Å²) in [6.07, 6.45) is 4.32. The third kappa shape index (κ3) is 4.91. The predicted octanol–water partition coefficient (Wildman–Crippen LogP) is 4.92. The molecule has 4 aromatic rings. The van der Waals surface area contributed by atoms with Gasteiger partial charge < -0.3 is 10.2 Å². The van der Waals surface area contributed by atoms with Crippen LogP contribution in [0.5, 0.6) is 0 Å². The predicted molar refractivity (Wildman–Crippen MR) is 158 cm³/mol. The van der Waals surface area contributed by atoms with E-state index in [1.54, 1.807) is 35.8 Å². The molecule has 1 N–H and O–H groups in total. The minimum absolute atomic E-state index is 0.237. The summed E-state index contributed by atoms with van der Waals surface area (Å²) in [7, 11) is 0. The average molecular weight is 553 g/mol. The van der Waals surface area contributed by atoms with Crippen LogP contribution in [0.15, 0.2) is 93.9 Å². The molecule has 202 valence electrons. The van der Waals surface area contributed by atoms with E-state index < -0.39 is 6.04 Å². The van der Waals surface area contributed by atoms with Crippen LogP contribution >= 0.6 is 11.3 Å². The summed E-state index contributed by atoms with van der Waals surface area (Å²) in [5, 5.41) is 2.93. The van der Waals surface area contributed by atoms with Gasteiger partial charge in [0.15, 0.2) is 4.80 Å². The molecule has 3 aromatic carbocycles. The number of hydrogen-bond donors (Lipinski definition) is 1. The number of nitrogens with zero attached hydrogens (tertiary/aromatic N) is 3. The molecule has 1 fully saturated rings. The first-order valence-corrected chi connectivity index (χ1v) is 14.2. The highest BCUT2D eigenvalue weighted by Crippen LogP contribution is 2.31. The highest BCUT2D eigenvalue weighted by molar-refractivity contribution is 7.07. The Bertz CT molecular complexity index is 1800. The van der Waals surface area contributed by atoms with E-state index in [0.29, 0.717) is 31.9 Å². The van der Waals surface area contributed by atoms with E-state index in [1.165, 1.54) is 42.0 Å². The van der Waals surface area contributed by atoms with Crippen molar-refractivity contribution >= 4 is 34.7 Å². The van der Waals surface area contributed by atoms with Crippen LogP contribution in [0.2, 0.25) is 0 Å². The molecule has 6 rings (SSSR count). The van der Waals surface area contributed by atoms with Gasteiger partial charge in [0, 0.05) is 24.5 Å². The number of fused-ring (bicyclic) bond motifs is 1. The molecule has 40 heavy (non-hydrogen) atoms. The van der Waals surface area contributed by atoms with Crippen LogP contribution in [0.3, 0.4) is 0 Å². The Hall–Kier alpha value is -4.30. The van der Waals surface area contributed by atoms with Gasteiger partial charge >= 0.3 is 0 Å². The Labute approximate surface area is 235 Å². The van der Waals surface area contributed by atoms with Crippen molar-refractivity contribution in [3.63, 3.8) is 0 Å². The maximum absolute atomic E-state index is 13.9. The lowest BCUT2D eigenvalue weighted by Gasteiger charge is -2.25. The summed E-state index contributed by atoms with van der Waals surface area (Å²) < 4.78 is 16.0. The van der Waals surface area contributed by atoms with E-state index in [1.807, 2.05) is 24.3 Å². The minimum atomic E-state index is -0.749. The van der Waals surface area contributed by atoms with E-state index >= 15 is 0 Å². The molecule has 6 nitrogen and oxygen atoms in total. The van der Waals surface area contributed by atoms with Gasteiger partial charge in [-0.1, -0.05) is 47.7 Å². The number of anilines is 2. The van der Waals surface area contributed by atoms with Gasteiger partial charge in [-0.25, -0.2) is 9.38 Å². The number of benzene rings is 3. The topological polar surface area (TPSA) is 66.7 Å². The number of nitrogens with one attached hydrogen (secondary N) is 1. The quantitative estimate of drug-likeness (QED) is 0.382. The number of amides is 1. The summed E-state index contributed by atoms with van der Waals surface area (Å²) in [4.78, 5) is 35.1. The van der Waals surface area contributed by atoms with E-state index in [0.717, 1.165) is 24.2 Å². The molecule has 8 heteroatoms. The van der Waals surface area contributed by atoms with Crippen LogP contribution in [0.1, 0.15) is 42.5 Å². The number of rotatable bonds is 5. The van der Waals surface area contributed by atoms with Gasteiger partial charge in [-0.3, -0.25) is 14.2 Å². The number of para-hydroxylation sites is 1. The second kappa shape index (κ2) is 10.7. The van der Waals surface area contributed by atoms with Crippen molar-refractivity contribution in [2.75, 3.05) is 23.3 Å². The third-order valence-corrected chi connectivity index (χ3v) is 8.48. The van der Waals surface area contributed by atoms with Crippen LogP contribution in [0, 0.1) is 12.7 Å². The van der Waals surface area contributed by atoms with Gasteiger partial charge in [0.1, 0.15) is 5.82 Å². The van der Waals surface area contributed by atoms with Crippen LogP contribution in [-0.2, 0) is 4.79 Å². The SMILES string of the molecule is CC1=C(C(=O)Nc2ccccc2)[C@H](c2ccc(F)cc2)n2c(s/c(=C/c3ccc(N4CCCC4)cc3C)c2=O)=N1. The highest BCUT2D eigenvalue weighted by Gasteiger charge is 2.32. The second-order valence-electron chi connectivity index (χ2n) is 10.2. The van der Waals surface area contributed by atoms with Gasteiger partial charge in [-0.05, 0) is 85.9 Å². The van der Waals surface area contributed by atoms with E-state index in [9.17, 15) is 14.0 Å². The van der Waals surface area contributed by atoms with Crippen molar-refractivity contribution in [3.05, 3.63) is 126 Å². The highest BCUT2D eigenvalue weighted by atomic mass is 32.1. The zero-order valence-corrected chi connectivity index (χ0v) is 23.2. The Morgan fingerprint density at radius 2 is 1.75 bits per heavy atom. The Balaban J connectivity index is 1.45. The van der Waals surface area contributed by atoms with Crippen molar-refractivity contribution in [1.29, 1.82) is 0 Å². The molecule has 3 heterocycles. The fraction of sp³-hybridized carbons (Fsp3) is 0.219. The molecule has 0 saturated carbocycles. The van der Waals surface area contributed by atoms with Crippen LogP contribution in [-0.4, -0.2) is 23.6 Å². The number of allylic oxidation sites excluding steroid dienone is 1. The average Bonchev–Trinajstić information content (AvgIpc) is 3.59. The smallest absolute Gasteiger partial charge is 0.271 e. The summed E-state index contributed by atoms with van der Waals surface area (Å²) in [6, 6.07) is 20.7. The van der Waals surface area contributed by atoms with Crippen molar-refractivity contribution in [3.8, 4) is 0 Å². The maximum Gasteiger partial charge on any atom is 0.271 e. The van der Waals surface area contributed by atoms with Gasteiger partial charge in [0.25, 0.3) is 11.5 Å². The van der Waals surface area contributed by atoms with E-state index in [2.05, 4.69) is 35.3 Å². The third-order valence-electron chi connectivity index (χ3n) is 7.49. The molecule has 1 atom stereocenters. The first kappa shape index (κ1) is 26.0. The van der Waals surface area contributed by atoms with Gasteiger partial charge in [0.05, 0.1) is 21.8 Å². The second-order valence-corrected chi connectivity index (χ2v) is 11.2. The summed E-state index contributed by atoms with van der Waals surface area (Å²) >= 11 is 1.30. The normalized spacial score (nSPS) is 17.1. The summed E-state index contributed by atoms with van der Waals surface area (Å²) in [5.74, 6) is -0.746. The molecule has 1 amide bonds. The molecule has 2 aliphatic rings. The fourth-order valence-corrected chi connectivity index (χ4v) is 6.46. The first-order chi connectivity index (χ1) is 19.4. The molecule has 1 aromatic heterocycles. The molecule has 0 bridgehead atoms. The maximum atomic E-state index is 13.9. The Morgan fingerprint density at radius 3 is 2.45 bits per heavy atom. The molecule has 1 saturated heterocycles. The van der Waals surface area contributed by atoms with Gasteiger partial charge in [-0.2, -0.15) is 0 Å². The fourth-order valence-electron chi connectivity index (χ4n) is 5.43.